The van der Waals surface area contributed by atoms with E-state index in [4.69, 9.17) is 4.74 Å². The van der Waals surface area contributed by atoms with Gasteiger partial charge in [0.2, 0.25) is 0 Å². The predicted octanol–water partition coefficient (Wildman–Crippen LogP) is 3.00. The molecule has 0 unspecified atom stereocenters. The van der Waals surface area contributed by atoms with Crippen molar-refractivity contribution in [3.05, 3.63) is 42.2 Å². The summed E-state index contributed by atoms with van der Waals surface area (Å²) >= 11 is 0. The molecule has 72 valence electrons. The lowest BCUT2D eigenvalue weighted by atomic mass is 10.1. The minimum Gasteiger partial charge on any atom is -0.497 e. The van der Waals surface area contributed by atoms with Crippen LogP contribution in [0.2, 0.25) is 0 Å². The van der Waals surface area contributed by atoms with Gasteiger partial charge in [-0.05, 0) is 30.2 Å². The van der Waals surface area contributed by atoms with Crippen LogP contribution < -0.4 is 4.74 Å². The number of hydrogen-bond donors (Lipinski definition) is 1. The highest BCUT2D eigenvalue weighted by molar-refractivity contribution is 5.67. The minimum atomic E-state index is 0.892. The molecule has 0 amide bonds. The Balaban J connectivity index is 2.47. The van der Waals surface area contributed by atoms with E-state index in [0.717, 1.165) is 5.75 Å². The van der Waals surface area contributed by atoms with Gasteiger partial charge in [-0.15, -0.1) is 0 Å². The summed E-state index contributed by atoms with van der Waals surface area (Å²) in [5.41, 5.74) is 3.66. The SMILES string of the molecule is COc1cccc(-c2c[nH]cc2C)c1. The van der Waals surface area contributed by atoms with Crippen LogP contribution in [0.4, 0.5) is 0 Å². The van der Waals surface area contributed by atoms with E-state index in [1.165, 1.54) is 16.7 Å². The average molecular weight is 187 g/mol. The van der Waals surface area contributed by atoms with Crippen molar-refractivity contribution in [2.75, 3.05) is 7.11 Å². The van der Waals surface area contributed by atoms with Crippen molar-refractivity contribution in [2.24, 2.45) is 0 Å². The fourth-order valence-corrected chi connectivity index (χ4v) is 1.54. The van der Waals surface area contributed by atoms with Gasteiger partial charge in [0.05, 0.1) is 7.11 Å². The smallest absolute Gasteiger partial charge is 0.119 e. The van der Waals surface area contributed by atoms with Crippen LogP contribution in [0.3, 0.4) is 0 Å². The molecule has 0 aliphatic rings. The molecule has 2 heteroatoms. The van der Waals surface area contributed by atoms with E-state index >= 15 is 0 Å². The summed E-state index contributed by atoms with van der Waals surface area (Å²) in [7, 11) is 1.68. The molecule has 0 radical (unpaired) electrons. The number of ether oxygens (including phenoxy) is 1. The van der Waals surface area contributed by atoms with Crippen LogP contribution in [0.1, 0.15) is 5.56 Å². The second-order valence-electron chi connectivity index (χ2n) is 3.28. The van der Waals surface area contributed by atoms with Crippen molar-refractivity contribution in [3.8, 4) is 16.9 Å². The molecule has 0 bridgehead atoms. The summed E-state index contributed by atoms with van der Waals surface area (Å²) in [5, 5.41) is 0. The molecule has 0 aliphatic carbocycles. The third kappa shape index (κ3) is 1.51. The molecule has 2 nitrogen and oxygen atoms in total. The Labute approximate surface area is 83.5 Å². The van der Waals surface area contributed by atoms with Crippen molar-refractivity contribution in [1.82, 2.24) is 4.98 Å². The van der Waals surface area contributed by atoms with Gasteiger partial charge < -0.3 is 9.72 Å². The molecule has 2 aromatic rings. The number of nitrogens with one attached hydrogen (secondary N) is 1. The van der Waals surface area contributed by atoms with Gasteiger partial charge in [-0.3, -0.25) is 0 Å². The Hall–Kier alpha value is -1.70. The van der Waals surface area contributed by atoms with Gasteiger partial charge in [-0.25, -0.2) is 0 Å². The molecule has 1 aromatic carbocycles. The molecule has 2 rings (SSSR count). The highest BCUT2D eigenvalue weighted by Crippen LogP contribution is 2.25. The first-order valence-electron chi connectivity index (χ1n) is 4.59. The van der Waals surface area contributed by atoms with Crippen molar-refractivity contribution in [3.63, 3.8) is 0 Å². The molecule has 0 fully saturated rings. The molecule has 1 aromatic heterocycles. The third-order valence-electron chi connectivity index (χ3n) is 2.33. The van der Waals surface area contributed by atoms with Crippen LogP contribution in [0.25, 0.3) is 11.1 Å². The summed E-state index contributed by atoms with van der Waals surface area (Å²) in [5.74, 6) is 0.892. The first-order chi connectivity index (χ1) is 6.81. The number of aryl methyl sites for hydroxylation is 1. The van der Waals surface area contributed by atoms with E-state index < -0.39 is 0 Å². The van der Waals surface area contributed by atoms with Crippen molar-refractivity contribution in [1.29, 1.82) is 0 Å². The molecule has 0 saturated heterocycles. The molecular formula is C12H13NO. The third-order valence-corrected chi connectivity index (χ3v) is 2.33. The second-order valence-corrected chi connectivity index (χ2v) is 3.28. The molecule has 1 heterocycles. The maximum Gasteiger partial charge on any atom is 0.119 e. The summed E-state index contributed by atoms with van der Waals surface area (Å²) in [6.07, 6.45) is 4.00. The quantitative estimate of drug-likeness (QED) is 0.768. The van der Waals surface area contributed by atoms with Crippen molar-refractivity contribution >= 4 is 0 Å². The van der Waals surface area contributed by atoms with Gasteiger partial charge >= 0.3 is 0 Å². The van der Waals surface area contributed by atoms with Crippen LogP contribution >= 0.6 is 0 Å². The minimum absolute atomic E-state index is 0.892. The topological polar surface area (TPSA) is 25.0 Å². The zero-order valence-corrected chi connectivity index (χ0v) is 8.37. The van der Waals surface area contributed by atoms with Gasteiger partial charge in [0, 0.05) is 18.0 Å². The second kappa shape index (κ2) is 3.58. The van der Waals surface area contributed by atoms with E-state index in [9.17, 15) is 0 Å². The van der Waals surface area contributed by atoms with Crippen LogP contribution in [0.15, 0.2) is 36.7 Å². The first-order valence-corrected chi connectivity index (χ1v) is 4.59. The monoisotopic (exact) mass is 187 g/mol. The molecule has 0 aliphatic heterocycles. The van der Waals surface area contributed by atoms with Gasteiger partial charge in [0.15, 0.2) is 0 Å². The highest BCUT2D eigenvalue weighted by Gasteiger charge is 2.02. The fraction of sp³-hybridized carbons (Fsp3) is 0.167. The maximum absolute atomic E-state index is 5.18. The van der Waals surface area contributed by atoms with Crippen LogP contribution in [-0.2, 0) is 0 Å². The van der Waals surface area contributed by atoms with E-state index in [1.54, 1.807) is 7.11 Å². The normalized spacial score (nSPS) is 10.1. The summed E-state index contributed by atoms with van der Waals surface area (Å²) < 4.78 is 5.18. The Morgan fingerprint density at radius 3 is 2.71 bits per heavy atom. The van der Waals surface area contributed by atoms with Crippen molar-refractivity contribution < 1.29 is 4.74 Å². The average Bonchev–Trinajstić information content (AvgIpc) is 2.65. The van der Waals surface area contributed by atoms with Gasteiger partial charge in [0.25, 0.3) is 0 Å². The molecule has 1 N–H and O–H groups in total. The molecule has 0 saturated carbocycles. The fourth-order valence-electron chi connectivity index (χ4n) is 1.54. The number of hydrogen-bond acceptors (Lipinski definition) is 1. The maximum atomic E-state index is 5.18. The zero-order valence-electron chi connectivity index (χ0n) is 8.37. The number of aromatic amines is 1. The number of aromatic nitrogens is 1. The summed E-state index contributed by atoms with van der Waals surface area (Å²) in [4.78, 5) is 3.09. The molecular weight excluding hydrogens is 174 g/mol. The molecule has 0 atom stereocenters. The zero-order chi connectivity index (χ0) is 9.97. The summed E-state index contributed by atoms with van der Waals surface area (Å²) in [6, 6.07) is 8.07. The number of rotatable bonds is 2. The van der Waals surface area contributed by atoms with Crippen molar-refractivity contribution in [2.45, 2.75) is 6.92 Å². The lowest BCUT2D eigenvalue weighted by Crippen LogP contribution is -1.83. The molecule has 0 spiro atoms. The van der Waals surface area contributed by atoms with E-state index in [1.807, 2.05) is 30.6 Å². The standard InChI is InChI=1S/C12H13NO/c1-9-7-13-8-12(9)10-4-3-5-11(6-10)14-2/h3-8,13H,1-2H3. The molecule has 14 heavy (non-hydrogen) atoms. The Bertz CT molecular complexity index is 431. The lowest BCUT2D eigenvalue weighted by Gasteiger charge is -2.03. The Morgan fingerprint density at radius 2 is 2.07 bits per heavy atom. The highest BCUT2D eigenvalue weighted by atomic mass is 16.5. The van der Waals surface area contributed by atoms with Crippen LogP contribution in [0, 0.1) is 6.92 Å². The summed E-state index contributed by atoms with van der Waals surface area (Å²) in [6.45, 7) is 2.09. The van der Waals surface area contributed by atoms with Crippen LogP contribution in [-0.4, -0.2) is 12.1 Å². The lowest BCUT2D eigenvalue weighted by molar-refractivity contribution is 0.415. The number of methoxy groups -OCH3 is 1. The van der Waals surface area contributed by atoms with E-state index in [0.29, 0.717) is 0 Å². The Morgan fingerprint density at radius 1 is 1.21 bits per heavy atom. The van der Waals surface area contributed by atoms with Crippen LogP contribution in [0.5, 0.6) is 5.75 Å². The Kier molecular flexibility index (Phi) is 2.27. The number of H-pyrrole nitrogens is 1. The first kappa shape index (κ1) is 8.88. The van der Waals surface area contributed by atoms with Gasteiger partial charge in [-0.1, -0.05) is 12.1 Å². The van der Waals surface area contributed by atoms with Gasteiger partial charge in [0.1, 0.15) is 5.75 Å². The van der Waals surface area contributed by atoms with E-state index in [2.05, 4.69) is 18.0 Å². The van der Waals surface area contributed by atoms with E-state index in [-0.39, 0.29) is 0 Å². The van der Waals surface area contributed by atoms with Gasteiger partial charge in [-0.2, -0.15) is 0 Å². The predicted molar refractivity (Wildman–Crippen MR) is 57.5 cm³/mol. The largest absolute Gasteiger partial charge is 0.497 e. The number of benzene rings is 1.